The van der Waals surface area contributed by atoms with Crippen molar-refractivity contribution >= 4 is 0 Å². The van der Waals surface area contributed by atoms with Crippen LogP contribution in [0.5, 0.6) is 0 Å². The van der Waals surface area contributed by atoms with Crippen molar-refractivity contribution in [2.24, 2.45) is 11.3 Å². The number of hydrogen-bond donors (Lipinski definition) is 2. The predicted molar refractivity (Wildman–Crippen MR) is 66.0 cm³/mol. The lowest BCUT2D eigenvalue weighted by molar-refractivity contribution is -0.0369. The smallest absolute Gasteiger partial charge is 0.0840 e. The van der Waals surface area contributed by atoms with Gasteiger partial charge in [0.1, 0.15) is 0 Å². The molecular formula is C14H22O2. The summed E-state index contributed by atoms with van der Waals surface area (Å²) in [5.41, 5.74) is 0.646. The molecule has 0 amide bonds. The second kappa shape index (κ2) is 4.98. The summed E-state index contributed by atoms with van der Waals surface area (Å²) in [6.45, 7) is 7.82. The zero-order chi connectivity index (χ0) is 12.3. The van der Waals surface area contributed by atoms with E-state index in [1.807, 2.05) is 58.0 Å². The van der Waals surface area contributed by atoms with Crippen molar-refractivity contribution in [1.29, 1.82) is 0 Å². The Morgan fingerprint density at radius 1 is 1.00 bits per heavy atom. The molecule has 16 heavy (non-hydrogen) atoms. The summed E-state index contributed by atoms with van der Waals surface area (Å²) < 4.78 is 0. The molecule has 1 aromatic carbocycles. The molecule has 0 aliphatic rings. The van der Waals surface area contributed by atoms with Crippen molar-refractivity contribution in [3.8, 4) is 0 Å². The van der Waals surface area contributed by atoms with Crippen molar-refractivity contribution in [3.05, 3.63) is 35.9 Å². The second-order valence-electron chi connectivity index (χ2n) is 5.53. The third-order valence-corrected chi connectivity index (χ3v) is 3.02. The summed E-state index contributed by atoms with van der Waals surface area (Å²) in [7, 11) is 0. The molecule has 0 aliphatic heterocycles. The van der Waals surface area contributed by atoms with Crippen molar-refractivity contribution in [2.45, 2.75) is 39.9 Å². The first-order chi connectivity index (χ1) is 7.34. The highest BCUT2D eigenvalue weighted by atomic mass is 16.3. The van der Waals surface area contributed by atoms with E-state index in [1.54, 1.807) is 0 Å². The van der Waals surface area contributed by atoms with Crippen LogP contribution in [0.4, 0.5) is 0 Å². The molecule has 1 rings (SSSR count). The summed E-state index contributed by atoms with van der Waals surface area (Å²) in [4.78, 5) is 0. The first kappa shape index (κ1) is 13.2. The molecule has 2 N–H and O–H groups in total. The van der Waals surface area contributed by atoms with Crippen LogP contribution in [0.2, 0.25) is 0 Å². The van der Waals surface area contributed by atoms with Crippen LogP contribution in [0.3, 0.4) is 0 Å². The maximum absolute atomic E-state index is 10.2. The van der Waals surface area contributed by atoms with Crippen LogP contribution in [-0.2, 0) is 0 Å². The molecule has 0 fully saturated rings. The van der Waals surface area contributed by atoms with Crippen LogP contribution in [0, 0.1) is 11.3 Å². The van der Waals surface area contributed by atoms with Gasteiger partial charge in [-0.2, -0.15) is 0 Å². The van der Waals surface area contributed by atoms with Crippen LogP contribution >= 0.6 is 0 Å². The summed E-state index contributed by atoms with van der Waals surface area (Å²) in [6, 6.07) is 9.48. The van der Waals surface area contributed by atoms with Gasteiger partial charge >= 0.3 is 0 Å². The highest BCUT2D eigenvalue weighted by Crippen LogP contribution is 2.32. The second-order valence-corrected chi connectivity index (χ2v) is 5.53. The molecule has 0 aliphatic carbocycles. The molecule has 2 heteroatoms. The van der Waals surface area contributed by atoms with Gasteiger partial charge in [0.15, 0.2) is 0 Å². The first-order valence-corrected chi connectivity index (χ1v) is 5.75. The van der Waals surface area contributed by atoms with Gasteiger partial charge in [0.25, 0.3) is 0 Å². The maximum atomic E-state index is 10.2. The van der Waals surface area contributed by atoms with Crippen molar-refractivity contribution in [2.75, 3.05) is 0 Å². The van der Waals surface area contributed by atoms with E-state index >= 15 is 0 Å². The maximum Gasteiger partial charge on any atom is 0.0840 e. The lowest BCUT2D eigenvalue weighted by Crippen LogP contribution is -2.35. The Balaban J connectivity index is 2.79. The van der Waals surface area contributed by atoms with Gasteiger partial charge < -0.3 is 10.2 Å². The Morgan fingerprint density at radius 2 is 1.50 bits per heavy atom. The van der Waals surface area contributed by atoms with Gasteiger partial charge in [0.05, 0.1) is 12.2 Å². The minimum atomic E-state index is -0.615. The minimum Gasteiger partial charge on any atom is -0.392 e. The first-order valence-electron chi connectivity index (χ1n) is 5.75. The standard InChI is InChI=1S/C14H22O2/c1-10(13(16)14(2,3)4)12(15)11-8-6-5-7-9-11/h5-10,12-13,15-16H,1-4H3/t10-,12-,13+/m0/s1. The van der Waals surface area contributed by atoms with E-state index in [-0.39, 0.29) is 11.3 Å². The Bertz CT molecular complexity index is 313. The minimum absolute atomic E-state index is 0.178. The van der Waals surface area contributed by atoms with Crippen molar-refractivity contribution in [1.82, 2.24) is 0 Å². The molecule has 0 radical (unpaired) electrons. The average Bonchev–Trinajstić information content (AvgIpc) is 2.26. The zero-order valence-corrected chi connectivity index (χ0v) is 10.5. The van der Waals surface area contributed by atoms with Gasteiger partial charge in [-0.25, -0.2) is 0 Å². The molecule has 3 atom stereocenters. The molecule has 90 valence electrons. The topological polar surface area (TPSA) is 40.5 Å². The molecule has 0 aromatic heterocycles. The quantitative estimate of drug-likeness (QED) is 0.825. The third-order valence-electron chi connectivity index (χ3n) is 3.02. The molecule has 0 heterocycles. The Kier molecular flexibility index (Phi) is 4.11. The monoisotopic (exact) mass is 222 g/mol. The highest BCUT2D eigenvalue weighted by molar-refractivity contribution is 5.18. The molecule has 1 aromatic rings. The highest BCUT2D eigenvalue weighted by Gasteiger charge is 2.32. The van der Waals surface area contributed by atoms with Gasteiger partial charge in [0.2, 0.25) is 0 Å². The van der Waals surface area contributed by atoms with Gasteiger partial charge in [-0.1, -0.05) is 58.0 Å². The van der Waals surface area contributed by atoms with Gasteiger partial charge in [-0.15, -0.1) is 0 Å². The summed E-state index contributed by atoms with van der Waals surface area (Å²) in [5.74, 6) is -0.178. The van der Waals surface area contributed by atoms with Crippen LogP contribution in [0.15, 0.2) is 30.3 Å². The SMILES string of the molecule is C[C@@H]([C@H](O)c1ccccc1)[C@@H](O)C(C)(C)C. The number of aliphatic hydroxyl groups is 2. The van der Waals surface area contributed by atoms with Crippen LogP contribution in [0.1, 0.15) is 39.4 Å². The van der Waals surface area contributed by atoms with E-state index in [4.69, 9.17) is 0 Å². The average molecular weight is 222 g/mol. The van der Waals surface area contributed by atoms with E-state index in [2.05, 4.69) is 0 Å². The fraction of sp³-hybridized carbons (Fsp3) is 0.571. The fourth-order valence-electron chi connectivity index (χ4n) is 1.92. The van der Waals surface area contributed by atoms with E-state index in [0.717, 1.165) is 5.56 Å². The lowest BCUT2D eigenvalue weighted by atomic mass is 9.78. The molecule has 0 saturated heterocycles. The number of aliphatic hydroxyl groups excluding tert-OH is 2. The normalized spacial score (nSPS) is 17.9. The molecule has 0 spiro atoms. The Hall–Kier alpha value is -0.860. The molecule has 2 nitrogen and oxygen atoms in total. The molecule has 0 bridgehead atoms. The van der Waals surface area contributed by atoms with Gasteiger partial charge in [0, 0.05) is 5.92 Å². The third kappa shape index (κ3) is 3.06. The van der Waals surface area contributed by atoms with Gasteiger partial charge in [-0.3, -0.25) is 0 Å². The summed E-state index contributed by atoms with van der Waals surface area (Å²) >= 11 is 0. The summed E-state index contributed by atoms with van der Waals surface area (Å²) in [6.07, 6.45) is -1.14. The van der Waals surface area contributed by atoms with Crippen LogP contribution in [0.25, 0.3) is 0 Å². The molecular weight excluding hydrogens is 200 g/mol. The Labute approximate surface area is 97.9 Å². The summed E-state index contributed by atoms with van der Waals surface area (Å²) in [5, 5.41) is 20.3. The number of hydrogen-bond acceptors (Lipinski definition) is 2. The Morgan fingerprint density at radius 3 is 1.94 bits per heavy atom. The van der Waals surface area contributed by atoms with E-state index in [1.165, 1.54) is 0 Å². The van der Waals surface area contributed by atoms with E-state index in [9.17, 15) is 10.2 Å². The number of rotatable bonds is 3. The zero-order valence-electron chi connectivity index (χ0n) is 10.5. The lowest BCUT2D eigenvalue weighted by Gasteiger charge is -2.33. The molecule has 0 saturated carbocycles. The van der Waals surface area contributed by atoms with Crippen molar-refractivity contribution in [3.63, 3.8) is 0 Å². The largest absolute Gasteiger partial charge is 0.392 e. The van der Waals surface area contributed by atoms with E-state index in [0.29, 0.717) is 0 Å². The van der Waals surface area contributed by atoms with Crippen LogP contribution in [-0.4, -0.2) is 16.3 Å². The predicted octanol–water partition coefficient (Wildman–Crippen LogP) is 2.76. The number of benzene rings is 1. The van der Waals surface area contributed by atoms with Crippen molar-refractivity contribution < 1.29 is 10.2 Å². The fourth-order valence-corrected chi connectivity index (χ4v) is 1.92. The van der Waals surface area contributed by atoms with Crippen LogP contribution < -0.4 is 0 Å². The van der Waals surface area contributed by atoms with Gasteiger partial charge in [-0.05, 0) is 11.0 Å². The van der Waals surface area contributed by atoms with E-state index < -0.39 is 12.2 Å². The molecule has 0 unspecified atom stereocenters.